The van der Waals surface area contributed by atoms with Crippen molar-refractivity contribution >= 4 is 11.6 Å². The first kappa shape index (κ1) is 12.5. The molecule has 18 heavy (non-hydrogen) atoms. The van der Waals surface area contributed by atoms with Gasteiger partial charge in [0.25, 0.3) is 0 Å². The molecule has 0 radical (unpaired) electrons. The molecule has 0 heterocycles. The third kappa shape index (κ3) is 2.44. The first-order valence-corrected chi connectivity index (χ1v) is 7.36. The third-order valence-corrected chi connectivity index (χ3v) is 4.61. The van der Waals surface area contributed by atoms with Gasteiger partial charge in [0.2, 0.25) is 0 Å². The van der Waals surface area contributed by atoms with Crippen LogP contribution in [0.2, 0.25) is 5.02 Å². The van der Waals surface area contributed by atoms with Crippen molar-refractivity contribution in [1.82, 2.24) is 5.32 Å². The van der Waals surface area contributed by atoms with E-state index >= 15 is 0 Å². The number of benzene rings is 1. The fourth-order valence-corrected chi connectivity index (χ4v) is 3.85. The summed E-state index contributed by atoms with van der Waals surface area (Å²) in [6.07, 6.45) is 5.24. The fraction of sp³-hybridized carbons (Fsp3) is 0.625. The molecule has 0 aromatic heterocycles. The normalized spacial score (nSPS) is 24.6. The first-order chi connectivity index (χ1) is 8.49. The zero-order valence-electron chi connectivity index (χ0n) is 11.3. The first-order valence-electron chi connectivity index (χ1n) is 6.99. The molecular weight excluding hydrogens is 242 g/mol. The molecule has 2 aliphatic carbocycles. The summed E-state index contributed by atoms with van der Waals surface area (Å²) in [4.78, 5) is 0. The molecule has 3 rings (SSSR count). The average Bonchev–Trinajstić information content (AvgIpc) is 3.07. The second-order valence-corrected chi connectivity index (χ2v) is 7.40. The molecule has 0 saturated heterocycles. The molecule has 1 nitrogen and oxygen atoms in total. The van der Waals surface area contributed by atoms with E-state index in [1.54, 1.807) is 0 Å². The Bertz CT molecular complexity index is 440. The standard InChI is InChI=1S/C16H22ClN/c1-15(2)9-16(10-15,11-18-14-6-7-14)12-4-3-5-13(17)8-12/h3-5,8,14,18H,6-7,9-11H2,1-2H3. The number of rotatable bonds is 4. The average molecular weight is 264 g/mol. The zero-order valence-corrected chi connectivity index (χ0v) is 12.1. The Kier molecular flexibility index (Phi) is 2.95. The monoisotopic (exact) mass is 263 g/mol. The largest absolute Gasteiger partial charge is 0.313 e. The maximum Gasteiger partial charge on any atom is 0.0408 e. The molecule has 2 saturated carbocycles. The minimum absolute atomic E-state index is 0.316. The molecule has 2 fully saturated rings. The molecule has 2 heteroatoms. The summed E-state index contributed by atoms with van der Waals surface area (Å²) in [6.45, 7) is 5.85. The lowest BCUT2D eigenvalue weighted by atomic mass is 9.52. The Balaban J connectivity index is 1.80. The summed E-state index contributed by atoms with van der Waals surface area (Å²) in [5, 5.41) is 4.58. The molecule has 1 aromatic carbocycles. The van der Waals surface area contributed by atoms with Gasteiger partial charge in [-0.2, -0.15) is 0 Å². The maximum atomic E-state index is 6.16. The molecule has 1 aromatic rings. The molecule has 0 aliphatic heterocycles. The molecule has 0 atom stereocenters. The van der Waals surface area contributed by atoms with Crippen LogP contribution in [0.4, 0.5) is 0 Å². The van der Waals surface area contributed by atoms with Gasteiger partial charge in [0, 0.05) is 23.0 Å². The van der Waals surface area contributed by atoms with Crippen molar-refractivity contribution in [3.63, 3.8) is 0 Å². The quantitative estimate of drug-likeness (QED) is 0.861. The molecule has 2 aliphatic rings. The Morgan fingerprint density at radius 1 is 1.28 bits per heavy atom. The van der Waals surface area contributed by atoms with Crippen molar-refractivity contribution in [1.29, 1.82) is 0 Å². The van der Waals surface area contributed by atoms with E-state index in [-0.39, 0.29) is 0 Å². The molecule has 98 valence electrons. The van der Waals surface area contributed by atoms with Gasteiger partial charge in [-0.05, 0) is 48.8 Å². The van der Waals surface area contributed by atoms with Crippen LogP contribution in [0.15, 0.2) is 24.3 Å². The van der Waals surface area contributed by atoms with Crippen molar-refractivity contribution < 1.29 is 0 Å². The lowest BCUT2D eigenvalue weighted by Crippen LogP contribution is -2.52. The van der Waals surface area contributed by atoms with E-state index in [1.165, 1.54) is 31.2 Å². The molecule has 0 amide bonds. The SMILES string of the molecule is CC1(C)CC(CNC2CC2)(c2cccc(Cl)c2)C1. The Morgan fingerprint density at radius 2 is 2.00 bits per heavy atom. The van der Waals surface area contributed by atoms with Gasteiger partial charge >= 0.3 is 0 Å². The van der Waals surface area contributed by atoms with Gasteiger partial charge in [0.1, 0.15) is 0 Å². The van der Waals surface area contributed by atoms with Crippen LogP contribution >= 0.6 is 11.6 Å². The highest BCUT2D eigenvalue weighted by Gasteiger charge is 2.50. The summed E-state index contributed by atoms with van der Waals surface area (Å²) in [6, 6.07) is 9.24. The Morgan fingerprint density at radius 3 is 2.56 bits per heavy atom. The number of halogens is 1. The van der Waals surface area contributed by atoms with E-state index in [4.69, 9.17) is 11.6 Å². The van der Waals surface area contributed by atoms with Gasteiger partial charge in [-0.1, -0.05) is 37.6 Å². The van der Waals surface area contributed by atoms with Crippen LogP contribution in [0.5, 0.6) is 0 Å². The third-order valence-electron chi connectivity index (χ3n) is 4.38. The number of hydrogen-bond acceptors (Lipinski definition) is 1. The number of nitrogens with one attached hydrogen (secondary N) is 1. The summed E-state index contributed by atoms with van der Waals surface area (Å²) in [5.74, 6) is 0. The van der Waals surface area contributed by atoms with E-state index in [9.17, 15) is 0 Å². The van der Waals surface area contributed by atoms with Crippen LogP contribution in [0.3, 0.4) is 0 Å². The smallest absolute Gasteiger partial charge is 0.0408 e. The molecule has 0 unspecified atom stereocenters. The van der Waals surface area contributed by atoms with Crippen molar-refractivity contribution in [2.24, 2.45) is 5.41 Å². The minimum atomic E-state index is 0.316. The highest BCUT2D eigenvalue weighted by atomic mass is 35.5. The van der Waals surface area contributed by atoms with E-state index in [2.05, 4.69) is 37.4 Å². The zero-order chi connectivity index (χ0) is 12.8. The molecule has 1 N–H and O–H groups in total. The van der Waals surface area contributed by atoms with E-state index in [0.717, 1.165) is 17.6 Å². The second-order valence-electron chi connectivity index (χ2n) is 6.96. The highest BCUT2D eigenvalue weighted by molar-refractivity contribution is 6.30. The highest BCUT2D eigenvalue weighted by Crippen LogP contribution is 2.55. The molecule has 0 bridgehead atoms. The van der Waals surface area contributed by atoms with Gasteiger partial charge in [0.05, 0.1) is 0 Å². The Labute approximate surface area is 115 Å². The topological polar surface area (TPSA) is 12.0 Å². The van der Waals surface area contributed by atoms with Gasteiger partial charge in [-0.3, -0.25) is 0 Å². The summed E-state index contributed by atoms with van der Waals surface area (Å²) < 4.78 is 0. The van der Waals surface area contributed by atoms with Crippen LogP contribution in [0, 0.1) is 5.41 Å². The number of hydrogen-bond donors (Lipinski definition) is 1. The molecule has 0 spiro atoms. The maximum absolute atomic E-state index is 6.16. The minimum Gasteiger partial charge on any atom is -0.313 e. The second kappa shape index (κ2) is 4.25. The van der Waals surface area contributed by atoms with Crippen LogP contribution in [-0.4, -0.2) is 12.6 Å². The van der Waals surface area contributed by atoms with Gasteiger partial charge in [-0.15, -0.1) is 0 Å². The van der Waals surface area contributed by atoms with Crippen molar-refractivity contribution in [2.75, 3.05) is 6.54 Å². The van der Waals surface area contributed by atoms with Crippen molar-refractivity contribution in [3.05, 3.63) is 34.9 Å². The van der Waals surface area contributed by atoms with E-state index in [0.29, 0.717) is 10.8 Å². The lowest BCUT2D eigenvalue weighted by molar-refractivity contribution is 0.0560. The van der Waals surface area contributed by atoms with Crippen molar-refractivity contribution in [2.45, 2.75) is 51.0 Å². The van der Waals surface area contributed by atoms with Gasteiger partial charge in [-0.25, -0.2) is 0 Å². The fourth-order valence-electron chi connectivity index (χ4n) is 3.66. The lowest BCUT2D eigenvalue weighted by Gasteiger charge is -2.54. The van der Waals surface area contributed by atoms with Crippen LogP contribution < -0.4 is 5.32 Å². The summed E-state index contributed by atoms with van der Waals surface area (Å²) in [7, 11) is 0. The predicted molar refractivity (Wildman–Crippen MR) is 77.2 cm³/mol. The molecular formula is C16H22ClN. The Hall–Kier alpha value is -0.530. The van der Waals surface area contributed by atoms with E-state index in [1.807, 2.05) is 6.07 Å². The van der Waals surface area contributed by atoms with Crippen LogP contribution in [0.1, 0.15) is 45.1 Å². The van der Waals surface area contributed by atoms with E-state index < -0.39 is 0 Å². The van der Waals surface area contributed by atoms with Crippen LogP contribution in [-0.2, 0) is 5.41 Å². The summed E-state index contributed by atoms with van der Waals surface area (Å²) >= 11 is 6.16. The van der Waals surface area contributed by atoms with Crippen molar-refractivity contribution in [3.8, 4) is 0 Å². The van der Waals surface area contributed by atoms with Gasteiger partial charge < -0.3 is 5.32 Å². The van der Waals surface area contributed by atoms with Gasteiger partial charge in [0.15, 0.2) is 0 Å². The summed E-state index contributed by atoms with van der Waals surface area (Å²) in [5.41, 5.74) is 2.22. The van der Waals surface area contributed by atoms with Crippen LogP contribution in [0.25, 0.3) is 0 Å². The predicted octanol–water partition coefficient (Wildman–Crippen LogP) is 4.15.